The van der Waals surface area contributed by atoms with Gasteiger partial charge < -0.3 is 0 Å². The van der Waals surface area contributed by atoms with Crippen molar-refractivity contribution in [1.82, 2.24) is 9.97 Å². The standard InChI is InChI=1S/C14H12N2/c1-9-3-5-12-13-8-15-10(2)7-11(13)4-6-14(12)16-9/h3-8H,1-2H3. The first kappa shape index (κ1) is 9.28. The van der Waals surface area contributed by atoms with E-state index in [-0.39, 0.29) is 0 Å². The van der Waals surface area contributed by atoms with Gasteiger partial charge in [-0.05, 0) is 37.4 Å². The van der Waals surface area contributed by atoms with Crippen LogP contribution in [0.2, 0.25) is 0 Å². The van der Waals surface area contributed by atoms with Gasteiger partial charge in [0, 0.05) is 28.4 Å². The summed E-state index contributed by atoms with van der Waals surface area (Å²) in [6, 6.07) is 10.5. The lowest BCUT2D eigenvalue weighted by atomic mass is 10.1. The predicted molar refractivity (Wildman–Crippen MR) is 66.5 cm³/mol. The summed E-state index contributed by atoms with van der Waals surface area (Å²) in [5.74, 6) is 0. The summed E-state index contributed by atoms with van der Waals surface area (Å²) in [6.45, 7) is 4.02. The van der Waals surface area contributed by atoms with Crippen LogP contribution < -0.4 is 0 Å². The number of aryl methyl sites for hydroxylation is 2. The predicted octanol–water partition coefficient (Wildman–Crippen LogP) is 3.40. The molecule has 0 aliphatic rings. The Morgan fingerprint density at radius 1 is 0.875 bits per heavy atom. The molecule has 78 valence electrons. The highest BCUT2D eigenvalue weighted by molar-refractivity contribution is 6.05. The van der Waals surface area contributed by atoms with Gasteiger partial charge in [0.25, 0.3) is 0 Å². The summed E-state index contributed by atoms with van der Waals surface area (Å²) in [4.78, 5) is 8.87. The third kappa shape index (κ3) is 1.34. The Kier molecular flexibility index (Phi) is 1.90. The summed E-state index contributed by atoms with van der Waals surface area (Å²) in [5.41, 5.74) is 3.14. The van der Waals surface area contributed by atoms with Gasteiger partial charge in [-0.25, -0.2) is 0 Å². The molecule has 0 radical (unpaired) electrons. The number of hydrogen-bond acceptors (Lipinski definition) is 2. The molecule has 0 amide bonds. The zero-order valence-corrected chi connectivity index (χ0v) is 9.36. The average Bonchev–Trinajstić information content (AvgIpc) is 2.28. The summed E-state index contributed by atoms with van der Waals surface area (Å²) in [7, 11) is 0. The molecule has 2 nitrogen and oxygen atoms in total. The second-order valence-corrected chi connectivity index (χ2v) is 4.13. The van der Waals surface area contributed by atoms with Gasteiger partial charge in [-0.3, -0.25) is 9.97 Å². The van der Waals surface area contributed by atoms with E-state index >= 15 is 0 Å². The Labute approximate surface area is 94.0 Å². The van der Waals surface area contributed by atoms with Gasteiger partial charge in [-0.15, -0.1) is 0 Å². The minimum absolute atomic E-state index is 1.04. The first-order valence-corrected chi connectivity index (χ1v) is 5.37. The van der Waals surface area contributed by atoms with Crippen LogP contribution in [0.25, 0.3) is 21.7 Å². The molecule has 0 fully saturated rings. The maximum atomic E-state index is 4.52. The Bertz CT molecular complexity index is 626. The third-order valence-corrected chi connectivity index (χ3v) is 2.85. The second-order valence-electron chi connectivity index (χ2n) is 4.13. The molecule has 2 heterocycles. The molecule has 0 bridgehead atoms. The Balaban J connectivity index is 2.50. The molecule has 0 spiro atoms. The Morgan fingerprint density at radius 2 is 1.75 bits per heavy atom. The van der Waals surface area contributed by atoms with Crippen molar-refractivity contribution in [2.75, 3.05) is 0 Å². The number of benzene rings is 1. The van der Waals surface area contributed by atoms with Crippen molar-refractivity contribution < 1.29 is 0 Å². The van der Waals surface area contributed by atoms with Crippen LogP contribution >= 0.6 is 0 Å². The minimum atomic E-state index is 1.04. The van der Waals surface area contributed by atoms with Crippen molar-refractivity contribution in [2.24, 2.45) is 0 Å². The summed E-state index contributed by atoms with van der Waals surface area (Å²) in [6.07, 6.45) is 1.93. The molecule has 0 aliphatic heterocycles. The van der Waals surface area contributed by atoms with Crippen LogP contribution in [-0.2, 0) is 0 Å². The topological polar surface area (TPSA) is 25.8 Å². The van der Waals surface area contributed by atoms with Gasteiger partial charge in [0.2, 0.25) is 0 Å². The summed E-state index contributed by atoms with van der Waals surface area (Å²) < 4.78 is 0. The molecule has 0 aliphatic carbocycles. The monoisotopic (exact) mass is 208 g/mol. The molecule has 0 saturated heterocycles. The van der Waals surface area contributed by atoms with E-state index in [9.17, 15) is 0 Å². The molecular weight excluding hydrogens is 196 g/mol. The SMILES string of the molecule is Cc1cc2ccc3nc(C)ccc3c2cn1. The van der Waals surface area contributed by atoms with Crippen LogP contribution in [0, 0.1) is 13.8 Å². The number of rotatable bonds is 0. The number of hydrogen-bond donors (Lipinski definition) is 0. The van der Waals surface area contributed by atoms with E-state index in [1.54, 1.807) is 0 Å². The van der Waals surface area contributed by atoms with Gasteiger partial charge in [0.1, 0.15) is 0 Å². The molecule has 2 heteroatoms. The highest BCUT2D eigenvalue weighted by Crippen LogP contribution is 2.24. The van der Waals surface area contributed by atoms with E-state index in [1.165, 1.54) is 16.2 Å². The Hall–Kier alpha value is -1.96. The van der Waals surface area contributed by atoms with Gasteiger partial charge >= 0.3 is 0 Å². The fraction of sp³-hybridized carbons (Fsp3) is 0.143. The fourth-order valence-corrected chi connectivity index (χ4v) is 2.04. The van der Waals surface area contributed by atoms with Crippen LogP contribution in [0.5, 0.6) is 0 Å². The van der Waals surface area contributed by atoms with Crippen LogP contribution in [0.4, 0.5) is 0 Å². The molecule has 16 heavy (non-hydrogen) atoms. The van der Waals surface area contributed by atoms with E-state index < -0.39 is 0 Å². The number of nitrogens with zero attached hydrogens (tertiary/aromatic N) is 2. The molecule has 1 aromatic carbocycles. The molecular formula is C14H12N2. The lowest BCUT2D eigenvalue weighted by Gasteiger charge is -2.04. The highest BCUT2D eigenvalue weighted by Gasteiger charge is 2.02. The molecule has 0 atom stereocenters. The molecule has 2 aromatic heterocycles. The number of aromatic nitrogens is 2. The summed E-state index contributed by atoms with van der Waals surface area (Å²) in [5, 5.41) is 3.58. The maximum Gasteiger partial charge on any atom is 0.0712 e. The minimum Gasteiger partial charge on any atom is -0.261 e. The number of fused-ring (bicyclic) bond motifs is 3. The van der Waals surface area contributed by atoms with Gasteiger partial charge in [-0.2, -0.15) is 0 Å². The fourth-order valence-electron chi connectivity index (χ4n) is 2.04. The normalized spacial score (nSPS) is 11.1. The third-order valence-electron chi connectivity index (χ3n) is 2.85. The molecule has 0 unspecified atom stereocenters. The van der Waals surface area contributed by atoms with Crippen molar-refractivity contribution >= 4 is 21.7 Å². The number of pyridine rings is 2. The van der Waals surface area contributed by atoms with Crippen LogP contribution in [-0.4, -0.2) is 9.97 Å². The van der Waals surface area contributed by atoms with Crippen molar-refractivity contribution in [3.63, 3.8) is 0 Å². The lowest BCUT2D eigenvalue weighted by molar-refractivity contribution is 1.22. The van der Waals surface area contributed by atoms with E-state index in [2.05, 4.69) is 34.2 Å². The summed E-state index contributed by atoms with van der Waals surface area (Å²) >= 11 is 0. The lowest BCUT2D eigenvalue weighted by Crippen LogP contribution is -1.86. The van der Waals surface area contributed by atoms with Gasteiger partial charge in [-0.1, -0.05) is 12.1 Å². The van der Waals surface area contributed by atoms with Crippen molar-refractivity contribution in [3.8, 4) is 0 Å². The zero-order chi connectivity index (χ0) is 11.1. The van der Waals surface area contributed by atoms with Gasteiger partial charge in [0.05, 0.1) is 5.52 Å². The first-order valence-electron chi connectivity index (χ1n) is 5.37. The maximum absolute atomic E-state index is 4.52. The largest absolute Gasteiger partial charge is 0.261 e. The molecule has 3 rings (SSSR count). The van der Waals surface area contributed by atoms with E-state index in [1.807, 2.05) is 26.1 Å². The van der Waals surface area contributed by atoms with Gasteiger partial charge in [0.15, 0.2) is 0 Å². The Morgan fingerprint density at radius 3 is 2.62 bits per heavy atom. The van der Waals surface area contributed by atoms with E-state index in [0.717, 1.165) is 16.9 Å². The van der Waals surface area contributed by atoms with E-state index in [4.69, 9.17) is 0 Å². The average molecular weight is 208 g/mol. The smallest absolute Gasteiger partial charge is 0.0712 e. The quantitative estimate of drug-likeness (QED) is 0.529. The van der Waals surface area contributed by atoms with Crippen molar-refractivity contribution in [2.45, 2.75) is 13.8 Å². The highest BCUT2D eigenvalue weighted by atomic mass is 14.7. The van der Waals surface area contributed by atoms with Crippen LogP contribution in [0.1, 0.15) is 11.4 Å². The molecule has 0 N–H and O–H groups in total. The first-order chi connectivity index (χ1) is 7.74. The second kappa shape index (κ2) is 3.27. The van der Waals surface area contributed by atoms with Crippen molar-refractivity contribution in [3.05, 3.63) is 47.9 Å². The van der Waals surface area contributed by atoms with Crippen LogP contribution in [0.15, 0.2) is 36.5 Å². The van der Waals surface area contributed by atoms with Crippen LogP contribution in [0.3, 0.4) is 0 Å². The van der Waals surface area contributed by atoms with E-state index in [0.29, 0.717) is 0 Å². The molecule has 3 aromatic rings. The molecule has 0 saturated carbocycles. The zero-order valence-electron chi connectivity index (χ0n) is 9.36. The van der Waals surface area contributed by atoms with Crippen molar-refractivity contribution in [1.29, 1.82) is 0 Å².